The average Bonchev–Trinajstić information content (AvgIpc) is 3.30. The van der Waals surface area contributed by atoms with Gasteiger partial charge in [0.25, 0.3) is 0 Å². The summed E-state index contributed by atoms with van der Waals surface area (Å²) in [7, 11) is 0. The van der Waals surface area contributed by atoms with E-state index in [1.165, 1.54) is 25.7 Å². The molecule has 0 saturated carbocycles. The van der Waals surface area contributed by atoms with Crippen molar-refractivity contribution in [3.05, 3.63) is 76.6 Å². The zero-order valence-electron chi connectivity index (χ0n) is 24.8. The third kappa shape index (κ3) is 9.35. The molecule has 0 radical (unpaired) electrons. The van der Waals surface area contributed by atoms with Crippen LogP contribution >= 0.6 is 12.4 Å². The lowest BCUT2D eigenvalue weighted by atomic mass is 9.97. The van der Waals surface area contributed by atoms with Crippen LogP contribution in [0, 0.1) is 0 Å². The molecule has 0 unspecified atom stereocenters. The molecular weight excluding hydrogens is 522 g/mol. The second-order valence-electron chi connectivity index (χ2n) is 10.5. The predicted octanol–water partition coefficient (Wildman–Crippen LogP) is 8.91. The first-order valence-corrected chi connectivity index (χ1v) is 14.7. The van der Waals surface area contributed by atoms with Crippen LogP contribution in [0.1, 0.15) is 111 Å². The van der Waals surface area contributed by atoms with Gasteiger partial charge in [-0.1, -0.05) is 76.5 Å². The number of ether oxygens (including phenoxy) is 1. The van der Waals surface area contributed by atoms with Crippen molar-refractivity contribution >= 4 is 41.2 Å². The molecule has 0 atom stereocenters. The van der Waals surface area contributed by atoms with Gasteiger partial charge in [0.2, 0.25) is 0 Å². The number of benzene rings is 2. The summed E-state index contributed by atoms with van der Waals surface area (Å²) in [6.07, 6.45) is 11.6. The van der Waals surface area contributed by atoms with E-state index in [2.05, 4.69) is 37.8 Å². The van der Waals surface area contributed by atoms with Crippen LogP contribution in [0.3, 0.4) is 0 Å². The van der Waals surface area contributed by atoms with E-state index in [1.807, 2.05) is 38.1 Å². The molecular formula is C34H46ClNO4. The summed E-state index contributed by atoms with van der Waals surface area (Å²) in [6, 6.07) is 12.9. The first-order chi connectivity index (χ1) is 18.9. The summed E-state index contributed by atoms with van der Waals surface area (Å²) >= 11 is 0. The highest BCUT2D eigenvalue weighted by Crippen LogP contribution is 2.31. The fraction of sp³-hybridized carbons (Fsp3) is 0.471. The van der Waals surface area contributed by atoms with Gasteiger partial charge in [-0.05, 0) is 70.0 Å². The summed E-state index contributed by atoms with van der Waals surface area (Å²) in [6.45, 7) is 13.4. The van der Waals surface area contributed by atoms with Gasteiger partial charge in [-0.15, -0.1) is 12.4 Å². The van der Waals surface area contributed by atoms with E-state index in [9.17, 15) is 9.59 Å². The zero-order chi connectivity index (χ0) is 28.2. The monoisotopic (exact) mass is 567 g/mol. The first-order valence-electron chi connectivity index (χ1n) is 14.7. The molecule has 6 heteroatoms. The number of esters is 1. The quantitative estimate of drug-likeness (QED) is 0.128. The molecule has 1 aromatic heterocycles. The Kier molecular flexibility index (Phi) is 14.2. The number of carbonyl (C=O) groups is 2. The summed E-state index contributed by atoms with van der Waals surface area (Å²) in [4.78, 5) is 28.8. The highest BCUT2D eigenvalue weighted by atomic mass is 35.5. The number of carbonyl (C=O) groups excluding carboxylic acids is 2. The number of ketones is 1. The lowest BCUT2D eigenvalue weighted by molar-refractivity contribution is 0.0378. The number of rotatable bonds is 16. The van der Waals surface area contributed by atoms with Crippen molar-refractivity contribution in [3.8, 4) is 0 Å². The van der Waals surface area contributed by atoms with E-state index in [4.69, 9.17) is 9.15 Å². The van der Waals surface area contributed by atoms with Gasteiger partial charge >= 0.3 is 5.97 Å². The molecule has 0 aliphatic carbocycles. The minimum atomic E-state index is -0.402. The Morgan fingerprint density at radius 3 is 2.12 bits per heavy atom. The lowest BCUT2D eigenvalue weighted by Gasteiger charge is -2.19. The van der Waals surface area contributed by atoms with Gasteiger partial charge in [0.05, 0.1) is 17.2 Å². The Morgan fingerprint density at radius 2 is 1.52 bits per heavy atom. The topological polar surface area (TPSA) is 59.8 Å². The Hall–Kier alpha value is -2.89. The van der Waals surface area contributed by atoms with E-state index in [-0.39, 0.29) is 24.3 Å². The third-order valence-electron chi connectivity index (χ3n) is 6.83. The van der Waals surface area contributed by atoms with Crippen LogP contribution in [0.4, 0.5) is 0 Å². The normalized spacial score (nSPS) is 11.5. The average molecular weight is 568 g/mol. The molecule has 0 saturated heterocycles. The van der Waals surface area contributed by atoms with Gasteiger partial charge in [0.15, 0.2) is 5.78 Å². The fourth-order valence-electron chi connectivity index (χ4n) is 4.61. The van der Waals surface area contributed by atoms with E-state index in [1.54, 1.807) is 18.2 Å². The first kappa shape index (κ1) is 33.3. The van der Waals surface area contributed by atoms with Crippen LogP contribution < -0.4 is 0 Å². The van der Waals surface area contributed by atoms with Crippen LogP contribution in [0.15, 0.2) is 53.0 Å². The van der Waals surface area contributed by atoms with Crippen molar-refractivity contribution < 1.29 is 18.7 Å². The number of furan rings is 1. The van der Waals surface area contributed by atoms with Crippen molar-refractivity contribution in [1.82, 2.24) is 4.90 Å². The van der Waals surface area contributed by atoms with Crippen LogP contribution in [0.2, 0.25) is 0 Å². The molecule has 3 aromatic rings. The Bertz CT molecular complexity index is 1230. The van der Waals surface area contributed by atoms with Gasteiger partial charge in [0, 0.05) is 23.9 Å². The van der Waals surface area contributed by atoms with Crippen molar-refractivity contribution in [3.63, 3.8) is 0 Å². The van der Waals surface area contributed by atoms with Crippen molar-refractivity contribution in [2.45, 2.75) is 85.7 Å². The molecule has 0 aliphatic rings. The van der Waals surface area contributed by atoms with Crippen molar-refractivity contribution in [2.75, 3.05) is 19.6 Å². The Balaban J connectivity index is 0.00000560. The van der Waals surface area contributed by atoms with Crippen LogP contribution in [-0.4, -0.2) is 42.4 Å². The van der Waals surface area contributed by atoms with E-state index in [0.29, 0.717) is 39.8 Å². The SMILES string of the molecule is CCCCc1oc2ccc(C(=O)OC(C)C)cc2c1C(=O)c1ccc(C=CCN(CCCC)CCCC)cc1.Cl. The van der Waals surface area contributed by atoms with E-state index in [0.717, 1.165) is 38.0 Å². The summed E-state index contributed by atoms with van der Waals surface area (Å²) in [5.41, 5.74) is 3.25. The van der Waals surface area contributed by atoms with Gasteiger partial charge in [0.1, 0.15) is 11.3 Å². The summed E-state index contributed by atoms with van der Waals surface area (Å²) < 4.78 is 11.5. The molecule has 218 valence electrons. The van der Waals surface area contributed by atoms with Crippen molar-refractivity contribution in [2.24, 2.45) is 0 Å². The van der Waals surface area contributed by atoms with Crippen LogP contribution in [0.5, 0.6) is 0 Å². The summed E-state index contributed by atoms with van der Waals surface area (Å²) in [5, 5.41) is 0.660. The number of unbranched alkanes of at least 4 members (excludes halogenated alkanes) is 3. The second kappa shape index (κ2) is 17.0. The maximum atomic E-state index is 13.8. The standard InChI is InChI=1S/C34H45NO4.ClH/c1-6-9-14-31-32(29-24-28(19-20-30(29)39-31)34(37)38-25(4)5)33(36)27-17-15-26(16-18-27)13-12-23-35(21-10-7-2)22-11-8-3;/h12-13,15-20,24-25H,6-11,14,21-23H2,1-5H3;1H. The molecule has 0 bridgehead atoms. The minimum absolute atomic E-state index is 0. The molecule has 0 N–H and O–H groups in total. The van der Waals surface area contributed by atoms with Crippen molar-refractivity contribution in [1.29, 1.82) is 0 Å². The van der Waals surface area contributed by atoms with Gasteiger partial charge in [-0.25, -0.2) is 4.79 Å². The maximum Gasteiger partial charge on any atom is 0.338 e. The zero-order valence-corrected chi connectivity index (χ0v) is 25.6. The number of hydrogen-bond acceptors (Lipinski definition) is 5. The Labute approximate surface area is 246 Å². The minimum Gasteiger partial charge on any atom is -0.460 e. The van der Waals surface area contributed by atoms with Crippen LogP contribution in [0.25, 0.3) is 17.0 Å². The molecule has 5 nitrogen and oxygen atoms in total. The molecule has 0 spiro atoms. The summed E-state index contributed by atoms with van der Waals surface area (Å²) in [5.74, 6) is 0.185. The van der Waals surface area contributed by atoms with Gasteiger partial charge in [-0.2, -0.15) is 0 Å². The third-order valence-corrected chi connectivity index (χ3v) is 6.83. The highest BCUT2D eigenvalue weighted by molar-refractivity contribution is 6.17. The highest BCUT2D eigenvalue weighted by Gasteiger charge is 2.23. The molecule has 40 heavy (non-hydrogen) atoms. The van der Waals surface area contributed by atoms with Gasteiger partial charge < -0.3 is 9.15 Å². The largest absolute Gasteiger partial charge is 0.460 e. The van der Waals surface area contributed by atoms with E-state index >= 15 is 0 Å². The smallest absolute Gasteiger partial charge is 0.338 e. The number of fused-ring (bicyclic) bond motifs is 1. The number of hydrogen-bond donors (Lipinski definition) is 0. The molecule has 3 rings (SSSR count). The molecule has 0 fully saturated rings. The predicted molar refractivity (Wildman–Crippen MR) is 168 cm³/mol. The molecule has 2 aromatic carbocycles. The van der Waals surface area contributed by atoms with Gasteiger partial charge in [-0.3, -0.25) is 9.69 Å². The second-order valence-corrected chi connectivity index (χ2v) is 10.5. The number of aryl methyl sites for hydroxylation is 1. The lowest BCUT2D eigenvalue weighted by Crippen LogP contribution is -2.26. The van der Waals surface area contributed by atoms with E-state index < -0.39 is 5.97 Å². The molecule has 0 aliphatic heterocycles. The molecule has 1 heterocycles. The number of nitrogens with zero attached hydrogens (tertiary/aromatic N) is 1. The van der Waals surface area contributed by atoms with Crippen LogP contribution in [-0.2, 0) is 11.2 Å². The number of halogens is 1. The fourth-order valence-corrected chi connectivity index (χ4v) is 4.61. The molecule has 0 amide bonds. The Morgan fingerprint density at radius 1 is 0.900 bits per heavy atom. The maximum absolute atomic E-state index is 13.8.